The smallest absolute Gasteiger partial charge is 0.270 e. The van der Waals surface area contributed by atoms with Crippen LogP contribution in [0.3, 0.4) is 0 Å². The van der Waals surface area contributed by atoms with E-state index in [2.05, 4.69) is 4.72 Å². The molecule has 0 aliphatic heterocycles. The zero-order chi connectivity index (χ0) is 17.2. The number of carbonyl (C=O) groups excluding carboxylic acids is 1. The highest BCUT2D eigenvalue weighted by molar-refractivity contribution is 7.92. The van der Waals surface area contributed by atoms with E-state index in [0.717, 1.165) is 6.07 Å². The van der Waals surface area contributed by atoms with E-state index in [1.807, 2.05) is 0 Å². The zero-order valence-electron chi connectivity index (χ0n) is 11.8. The van der Waals surface area contributed by atoms with Crippen LogP contribution in [0.15, 0.2) is 47.4 Å². The third kappa shape index (κ3) is 3.64. The van der Waals surface area contributed by atoms with E-state index in [9.17, 15) is 28.4 Å². The van der Waals surface area contributed by atoms with Gasteiger partial charge in [0.05, 0.1) is 15.8 Å². The summed E-state index contributed by atoms with van der Waals surface area (Å²) in [5, 5.41) is 21.4. The maximum atomic E-state index is 12.4. The monoisotopic (exact) mass is 335 g/mol. The average molecular weight is 335 g/mol. The van der Waals surface area contributed by atoms with Crippen molar-refractivity contribution in [3.8, 4) is 0 Å². The van der Waals surface area contributed by atoms with Gasteiger partial charge in [0.1, 0.15) is 0 Å². The van der Waals surface area contributed by atoms with Crippen LogP contribution in [0.5, 0.6) is 0 Å². The number of hydrogen-bond acceptors (Lipinski definition) is 6. The first-order valence-electron chi connectivity index (χ1n) is 6.30. The molecule has 23 heavy (non-hydrogen) atoms. The van der Waals surface area contributed by atoms with Crippen LogP contribution in [0.25, 0.3) is 0 Å². The molecule has 2 rings (SSSR count). The number of carbonyl (C=O) groups is 1. The normalized spacial score (nSPS) is 11.0. The Morgan fingerprint density at radius 2 is 1.74 bits per heavy atom. The number of carboxylic acid groups (broad SMARTS) is 1. The highest BCUT2D eigenvalue weighted by atomic mass is 32.2. The van der Waals surface area contributed by atoms with Crippen molar-refractivity contribution in [3.05, 3.63) is 63.7 Å². The molecular formula is C14H11N2O6S-. The number of carboxylic acids is 1. The van der Waals surface area contributed by atoms with E-state index in [0.29, 0.717) is 5.56 Å². The minimum Gasteiger partial charge on any atom is -0.545 e. The lowest BCUT2D eigenvalue weighted by Crippen LogP contribution is -2.22. The number of non-ortho nitro benzene ring substituents is 1. The minimum absolute atomic E-state index is 0.0977. The number of benzene rings is 2. The van der Waals surface area contributed by atoms with Gasteiger partial charge in [-0.15, -0.1) is 0 Å². The molecule has 0 aliphatic carbocycles. The number of aromatic carboxylic acids is 1. The molecule has 0 saturated heterocycles. The average Bonchev–Trinajstić information content (AvgIpc) is 2.47. The van der Waals surface area contributed by atoms with Crippen LogP contribution in [0, 0.1) is 17.0 Å². The fraction of sp³-hybridized carbons (Fsp3) is 0.0714. The van der Waals surface area contributed by atoms with Crippen molar-refractivity contribution in [2.24, 2.45) is 0 Å². The summed E-state index contributed by atoms with van der Waals surface area (Å²) in [6, 6.07) is 8.41. The van der Waals surface area contributed by atoms with Gasteiger partial charge in [0, 0.05) is 17.8 Å². The Morgan fingerprint density at radius 3 is 2.26 bits per heavy atom. The highest BCUT2D eigenvalue weighted by Crippen LogP contribution is 2.24. The summed E-state index contributed by atoms with van der Waals surface area (Å²) in [6.07, 6.45) is 0. The fourth-order valence-corrected chi connectivity index (χ4v) is 3.20. The van der Waals surface area contributed by atoms with Crippen molar-refractivity contribution in [1.82, 2.24) is 0 Å². The molecule has 0 heterocycles. The molecule has 0 aromatic heterocycles. The first-order chi connectivity index (χ1) is 10.7. The molecule has 0 saturated carbocycles. The molecule has 0 spiro atoms. The van der Waals surface area contributed by atoms with Gasteiger partial charge >= 0.3 is 0 Å². The zero-order valence-corrected chi connectivity index (χ0v) is 12.7. The van der Waals surface area contributed by atoms with E-state index in [1.165, 1.54) is 43.3 Å². The van der Waals surface area contributed by atoms with Crippen molar-refractivity contribution in [2.75, 3.05) is 4.72 Å². The second-order valence-corrected chi connectivity index (χ2v) is 6.33. The Hall–Kier alpha value is -2.94. The van der Waals surface area contributed by atoms with Crippen molar-refractivity contribution in [2.45, 2.75) is 11.8 Å². The van der Waals surface area contributed by atoms with Crippen LogP contribution in [0.4, 0.5) is 11.4 Å². The van der Waals surface area contributed by atoms with Crippen LogP contribution >= 0.6 is 0 Å². The number of sulfonamides is 1. The maximum absolute atomic E-state index is 12.4. The summed E-state index contributed by atoms with van der Waals surface area (Å²) in [6.45, 7) is 1.51. The van der Waals surface area contributed by atoms with Crippen LogP contribution in [-0.2, 0) is 10.0 Å². The van der Waals surface area contributed by atoms with Crippen LogP contribution < -0.4 is 9.83 Å². The minimum atomic E-state index is -4.05. The van der Waals surface area contributed by atoms with Crippen LogP contribution in [0.1, 0.15) is 15.9 Å². The summed E-state index contributed by atoms with van der Waals surface area (Å²) in [5.41, 5.74) is 0.0260. The predicted octanol–water partition coefficient (Wildman–Crippen LogP) is 1.07. The van der Waals surface area contributed by atoms with E-state index in [4.69, 9.17) is 0 Å². The number of nitrogens with one attached hydrogen (secondary N) is 1. The summed E-state index contributed by atoms with van der Waals surface area (Å²) in [4.78, 5) is 20.5. The van der Waals surface area contributed by atoms with Gasteiger partial charge in [0.25, 0.3) is 15.7 Å². The fourth-order valence-electron chi connectivity index (χ4n) is 1.88. The standard InChI is InChI=1S/C14H12N2O6S/c1-9-2-7-12(16(19)20)8-13(9)23(21,22)15-11-5-3-10(4-6-11)14(17)18/h2-8,15H,1H3,(H,17,18)/p-1. The Bertz CT molecular complexity index is 875. The summed E-state index contributed by atoms with van der Waals surface area (Å²) < 4.78 is 27.0. The molecule has 0 atom stereocenters. The number of rotatable bonds is 5. The lowest BCUT2D eigenvalue weighted by atomic mass is 10.2. The van der Waals surface area contributed by atoms with E-state index in [1.54, 1.807) is 0 Å². The second-order valence-electron chi connectivity index (χ2n) is 4.68. The number of aryl methyl sites for hydroxylation is 1. The van der Waals surface area contributed by atoms with E-state index < -0.39 is 20.9 Å². The van der Waals surface area contributed by atoms with Gasteiger partial charge in [-0.25, -0.2) is 8.42 Å². The molecule has 0 bridgehead atoms. The van der Waals surface area contributed by atoms with Crippen LogP contribution in [0.2, 0.25) is 0 Å². The molecule has 0 amide bonds. The van der Waals surface area contributed by atoms with Crippen molar-refractivity contribution < 1.29 is 23.2 Å². The second kappa shape index (κ2) is 6.05. The topological polar surface area (TPSA) is 129 Å². The Kier molecular flexibility index (Phi) is 4.32. The molecule has 2 aromatic rings. The molecule has 0 aliphatic rings. The van der Waals surface area contributed by atoms with E-state index >= 15 is 0 Å². The number of nitrogens with zero attached hydrogens (tertiary/aromatic N) is 1. The third-order valence-electron chi connectivity index (χ3n) is 3.04. The molecule has 120 valence electrons. The first-order valence-corrected chi connectivity index (χ1v) is 7.78. The summed E-state index contributed by atoms with van der Waals surface area (Å²) in [7, 11) is -4.05. The number of nitro groups is 1. The Labute approximate surface area is 131 Å². The van der Waals surface area contributed by atoms with Crippen molar-refractivity contribution in [3.63, 3.8) is 0 Å². The van der Waals surface area contributed by atoms with Gasteiger partial charge in [0.2, 0.25) is 0 Å². The predicted molar refractivity (Wildman–Crippen MR) is 79.4 cm³/mol. The number of hydrogen-bond donors (Lipinski definition) is 1. The molecule has 0 radical (unpaired) electrons. The lowest BCUT2D eigenvalue weighted by Gasteiger charge is -2.11. The van der Waals surface area contributed by atoms with Crippen molar-refractivity contribution >= 4 is 27.4 Å². The largest absolute Gasteiger partial charge is 0.545 e. The van der Waals surface area contributed by atoms with Gasteiger partial charge < -0.3 is 9.90 Å². The first kappa shape index (κ1) is 16.4. The lowest BCUT2D eigenvalue weighted by molar-refractivity contribution is -0.385. The number of nitro benzene ring substituents is 1. The molecule has 1 N–H and O–H groups in total. The molecule has 8 nitrogen and oxygen atoms in total. The third-order valence-corrected chi connectivity index (χ3v) is 4.57. The van der Waals surface area contributed by atoms with Gasteiger partial charge in [-0.1, -0.05) is 18.2 Å². The van der Waals surface area contributed by atoms with Gasteiger partial charge in [-0.05, 0) is 30.2 Å². The van der Waals surface area contributed by atoms with Gasteiger partial charge in [0.15, 0.2) is 0 Å². The summed E-state index contributed by atoms with van der Waals surface area (Å²) in [5.74, 6) is -1.38. The molecule has 0 fully saturated rings. The molecule has 9 heteroatoms. The summed E-state index contributed by atoms with van der Waals surface area (Å²) >= 11 is 0. The van der Waals surface area contributed by atoms with Crippen molar-refractivity contribution in [1.29, 1.82) is 0 Å². The Morgan fingerprint density at radius 1 is 1.13 bits per heavy atom. The molecular weight excluding hydrogens is 324 g/mol. The molecule has 2 aromatic carbocycles. The highest BCUT2D eigenvalue weighted by Gasteiger charge is 2.20. The quantitative estimate of drug-likeness (QED) is 0.642. The molecule has 0 unspecified atom stereocenters. The SMILES string of the molecule is Cc1ccc([N+](=O)[O-])cc1S(=O)(=O)Nc1ccc(C(=O)[O-])cc1. The van der Waals surface area contributed by atoms with Gasteiger partial charge in [-0.2, -0.15) is 0 Å². The Balaban J connectivity index is 2.37. The number of anilines is 1. The maximum Gasteiger partial charge on any atom is 0.270 e. The van der Waals surface area contributed by atoms with E-state index in [-0.39, 0.29) is 21.8 Å². The van der Waals surface area contributed by atoms with Crippen LogP contribution in [-0.4, -0.2) is 19.3 Å². The van der Waals surface area contributed by atoms with Gasteiger partial charge in [-0.3, -0.25) is 14.8 Å².